The van der Waals surface area contributed by atoms with Gasteiger partial charge in [-0.05, 0) is 42.2 Å². The fraction of sp³-hybridized carbons (Fsp3) is 0.429. The molecule has 146 valence electrons. The van der Waals surface area contributed by atoms with Gasteiger partial charge in [0.05, 0.1) is 17.6 Å². The van der Waals surface area contributed by atoms with Crippen molar-refractivity contribution in [3.05, 3.63) is 49.9 Å². The van der Waals surface area contributed by atoms with E-state index in [1.807, 2.05) is 0 Å². The van der Waals surface area contributed by atoms with Crippen molar-refractivity contribution < 1.29 is 9.66 Å². The number of methoxy groups -OCH3 is 1. The molecule has 1 aromatic carbocycles. The lowest BCUT2D eigenvalue weighted by molar-refractivity contribution is -0.384. The largest absolute Gasteiger partial charge is 0.496 e. The quantitative estimate of drug-likeness (QED) is 0.390. The zero-order chi connectivity index (χ0) is 20.5. The Morgan fingerprint density at radius 2 is 2.18 bits per heavy atom. The van der Waals surface area contributed by atoms with Crippen LogP contribution >= 0.6 is 11.3 Å². The molecular weight excluding hydrogens is 374 g/mol. The van der Waals surface area contributed by atoms with E-state index in [-0.39, 0.29) is 11.1 Å². The summed E-state index contributed by atoms with van der Waals surface area (Å²) in [7, 11) is 1.51. The zero-order valence-electron chi connectivity index (χ0n) is 16.5. The normalized spacial score (nSPS) is 16.6. The Morgan fingerprint density at radius 3 is 2.79 bits per heavy atom. The van der Waals surface area contributed by atoms with Gasteiger partial charge in [-0.15, -0.1) is 11.3 Å². The van der Waals surface area contributed by atoms with E-state index in [4.69, 9.17) is 4.74 Å². The second-order valence-electron chi connectivity index (χ2n) is 8.04. The molecule has 1 heterocycles. The van der Waals surface area contributed by atoms with Gasteiger partial charge in [0.15, 0.2) is 0 Å². The monoisotopic (exact) mass is 397 g/mol. The fourth-order valence-electron chi connectivity index (χ4n) is 3.58. The molecule has 0 radical (unpaired) electrons. The highest BCUT2D eigenvalue weighted by Crippen LogP contribution is 2.45. The van der Waals surface area contributed by atoms with Crippen LogP contribution in [0.4, 0.5) is 10.7 Å². The Morgan fingerprint density at radius 1 is 1.43 bits per heavy atom. The highest BCUT2D eigenvalue weighted by atomic mass is 32.1. The van der Waals surface area contributed by atoms with E-state index in [1.165, 1.54) is 24.1 Å². The molecule has 0 saturated heterocycles. The molecule has 1 aliphatic rings. The molecule has 0 aliphatic heterocycles. The van der Waals surface area contributed by atoms with Gasteiger partial charge >= 0.3 is 0 Å². The minimum absolute atomic E-state index is 0.0266. The topological polar surface area (TPSA) is 88.5 Å². The highest BCUT2D eigenvalue weighted by Gasteiger charge is 2.32. The van der Waals surface area contributed by atoms with Crippen molar-refractivity contribution in [1.29, 1.82) is 5.26 Å². The average Bonchev–Trinajstić information content (AvgIpc) is 3.01. The molecule has 3 rings (SSSR count). The SMILES string of the molecule is COc1ccc([N+](=O)[O-])cc1C=Nc1sc2c(c1C#N)CC[C@H](C(C)(C)C)C2. The number of non-ortho nitro benzene ring substituents is 1. The van der Waals surface area contributed by atoms with Gasteiger partial charge in [-0.2, -0.15) is 5.26 Å². The van der Waals surface area contributed by atoms with Crippen LogP contribution in [-0.2, 0) is 12.8 Å². The molecule has 1 atom stereocenters. The molecule has 1 aliphatic carbocycles. The summed E-state index contributed by atoms with van der Waals surface area (Å²) in [5.74, 6) is 1.08. The minimum atomic E-state index is -0.450. The maximum atomic E-state index is 11.1. The summed E-state index contributed by atoms with van der Waals surface area (Å²) in [5, 5.41) is 21.4. The standard InChI is InChI=1S/C21H23N3O3S/c1-21(2,3)14-5-7-16-17(11-22)20(28-19(16)10-14)23-12-13-9-15(24(25)26)6-8-18(13)27-4/h6,8-9,12,14H,5,7,10H2,1-4H3/t14-/m0/s1. The van der Waals surface area contributed by atoms with Crippen molar-refractivity contribution in [2.45, 2.75) is 40.0 Å². The van der Waals surface area contributed by atoms with Crippen LogP contribution in [0.2, 0.25) is 0 Å². The summed E-state index contributed by atoms with van der Waals surface area (Å²) in [6.45, 7) is 6.78. The Kier molecular flexibility index (Phi) is 5.52. The first-order valence-electron chi connectivity index (χ1n) is 9.15. The summed E-state index contributed by atoms with van der Waals surface area (Å²) in [6.07, 6.45) is 4.48. The molecule has 0 N–H and O–H groups in total. The second-order valence-corrected chi connectivity index (χ2v) is 9.13. The zero-order valence-corrected chi connectivity index (χ0v) is 17.3. The molecule has 1 aromatic heterocycles. The first-order chi connectivity index (χ1) is 13.2. The van der Waals surface area contributed by atoms with Gasteiger partial charge in [-0.1, -0.05) is 20.8 Å². The van der Waals surface area contributed by atoms with Crippen LogP contribution in [0.5, 0.6) is 5.75 Å². The summed E-state index contributed by atoms with van der Waals surface area (Å²) in [5.41, 5.74) is 2.47. The summed E-state index contributed by atoms with van der Waals surface area (Å²) in [6, 6.07) is 6.69. The van der Waals surface area contributed by atoms with E-state index in [0.29, 0.717) is 27.8 Å². The van der Waals surface area contributed by atoms with E-state index >= 15 is 0 Å². The molecular formula is C21H23N3O3S. The minimum Gasteiger partial charge on any atom is -0.496 e. The number of fused-ring (bicyclic) bond motifs is 1. The van der Waals surface area contributed by atoms with E-state index in [2.05, 4.69) is 31.8 Å². The van der Waals surface area contributed by atoms with Gasteiger partial charge in [0.1, 0.15) is 16.8 Å². The fourth-order valence-corrected chi connectivity index (χ4v) is 4.80. The number of nitriles is 1. The van der Waals surface area contributed by atoms with E-state index in [0.717, 1.165) is 24.8 Å². The number of benzene rings is 1. The predicted octanol–water partition coefficient (Wildman–Crippen LogP) is 5.44. The van der Waals surface area contributed by atoms with E-state index < -0.39 is 4.92 Å². The van der Waals surface area contributed by atoms with Crippen LogP contribution in [0.15, 0.2) is 23.2 Å². The number of aliphatic imine (C=N–C) groups is 1. The number of nitrogens with zero attached hydrogens (tertiary/aromatic N) is 3. The van der Waals surface area contributed by atoms with Gasteiger partial charge in [0.25, 0.3) is 5.69 Å². The molecule has 0 fully saturated rings. The molecule has 7 heteroatoms. The Hall–Kier alpha value is -2.72. The van der Waals surface area contributed by atoms with Crippen molar-refractivity contribution in [2.75, 3.05) is 7.11 Å². The lowest BCUT2D eigenvalue weighted by atomic mass is 9.72. The number of thiophene rings is 1. The third kappa shape index (κ3) is 3.92. The summed E-state index contributed by atoms with van der Waals surface area (Å²) in [4.78, 5) is 16.4. The number of ether oxygens (including phenoxy) is 1. The first kappa shape index (κ1) is 20.0. The summed E-state index contributed by atoms with van der Waals surface area (Å²) >= 11 is 1.55. The van der Waals surface area contributed by atoms with Crippen LogP contribution in [0.1, 0.15) is 48.8 Å². The molecule has 2 aromatic rings. The lowest BCUT2D eigenvalue weighted by Gasteiger charge is -2.33. The van der Waals surface area contributed by atoms with Gasteiger partial charge in [0, 0.05) is 28.8 Å². The van der Waals surface area contributed by atoms with Crippen molar-refractivity contribution >= 4 is 28.2 Å². The van der Waals surface area contributed by atoms with Crippen LogP contribution in [0.25, 0.3) is 0 Å². The van der Waals surface area contributed by atoms with Gasteiger partial charge in [-0.3, -0.25) is 10.1 Å². The van der Waals surface area contributed by atoms with Crippen molar-refractivity contribution in [2.24, 2.45) is 16.3 Å². The third-order valence-electron chi connectivity index (χ3n) is 5.33. The average molecular weight is 398 g/mol. The first-order valence-corrected chi connectivity index (χ1v) is 9.97. The lowest BCUT2D eigenvalue weighted by Crippen LogP contribution is -2.26. The molecule has 28 heavy (non-hydrogen) atoms. The van der Waals surface area contributed by atoms with Crippen LogP contribution in [-0.4, -0.2) is 18.2 Å². The van der Waals surface area contributed by atoms with Crippen molar-refractivity contribution in [3.8, 4) is 11.8 Å². The molecule has 0 amide bonds. The summed E-state index contributed by atoms with van der Waals surface area (Å²) < 4.78 is 5.28. The van der Waals surface area contributed by atoms with Crippen LogP contribution < -0.4 is 4.74 Å². The van der Waals surface area contributed by atoms with E-state index in [9.17, 15) is 15.4 Å². The molecule has 0 saturated carbocycles. The third-order valence-corrected chi connectivity index (χ3v) is 6.49. The van der Waals surface area contributed by atoms with Crippen molar-refractivity contribution in [1.82, 2.24) is 0 Å². The number of hydrogen-bond acceptors (Lipinski definition) is 6. The number of hydrogen-bond donors (Lipinski definition) is 0. The predicted molar refractivity (Wildman–Crippen MR) is 111 cm³/mol. The van der Waals surface area contributed by atoms with Gasteiger partial charge in [-0.25, -0.2) is 4.99 Å². The maximum Gasteiger partial charge on any atom is 0.270 e. The molecule has 0 spiro atoms. The highest BCUT2D eigenvalue weighted by molar-refractivity contribution is 7.16. The number of nitro benzene ring substituents is 1. The Labute approximate surface area is 168 Å². The molecule has 6 nitrogen and oxygen atoms in total. The number of nitro groups is 1. The molecule has 0 bridgehead atoms. The second kappa shape index (κ2) is 7.72. The Balaban J connectivity index is 1.96. The van der Waals surface area contributed by atoms with Gasteiger partial charge < -0.3 is 4.74 Å². The Bertz CT molecular complexity index is 980. The van der Waals surface area contributed by atoms with Gasteiger partial charge in [0.2, 0.25) is 0 Å². The van der Waals surface area contributed by atoms with E-state index in [1.54, 1.807) is 23.6 Å². The smallest absolute Gasteiger partial charge is 0.270 e. The van der Waals surface area contributed by atoms with Crippen LogP contribution in [0, 0.1) is 32.8 Å². The van der Waals surface area contributed by atoms with Crippen LogP contribution in [0.3, 0.4) is 0 Å². The molecule has 0 unspecified atom stereocenters. The van der Waals surface area contributed by atoms with Crippen molar-refractivity contribution in [3.63, 3.8) is 0 Å². The maximum absolute atomic E-state index is 11.1. The number of rotatable bonds is 4.